The Labute approximate surface area is 139 Å². The van der Waals surface area contributed by atoms with Crippen molar-refractivity contribution in [3.8, 4) is 17.0 Å². The zero-order valence-electron chi connectivity index (χ0n) is 12.2. The van der Waals surface area contributed by atoms with Gasteiger partial charge in [-0.1, -0.05) is 23.8 Å². The zero-order valence-corrected chi connectivity index (χ0v) is 13.8. The predicted octanol–water partition coefficient (Wildman–Crippen LogP) is 3.73. The third-order valence-electron chi connectivity index (χ3n) is 3.78. The maximum absolute atomic E-state index is 10.1. The first-order valence-corrected chi connectivity index (χ1v) is 7.93. The number of halogens is 1. The fraction of sp³-hybridized carbons (Fsp3) is 0.312. The molecule has 0 amide bonds. The fourth-order valence-electron chi connectivity index (χ4n) is 2.70. The maximum atomic E-state index is 10.1. The Kier molecular flexibility index (Phi) is 4.27. The fourth-order valence-corrected chi connectivity index (χ4v) is 3.27. The molecule has 0 unspecified atom stereocenters. The van der Waals surface area contributed by atoms with Crippen molar-refractivity contribution in [2.24, 2.45) is 0 Å². The second-order valence-corrected chi connectivity index (χ2v) is 6.35. The number of phenols is 1. The number of phenolic OH excluding ortho intramolecular Hbond substituents is 1. The van der Waals surface area contributed by atoms with Gasteiger partial charge < -0.3 is 10.0 Å². The molecule has 3 rings (SSSR count). The maximum Gasteiger partial charge on any atom is 0.126 e. The number of aromatic nitrogens is 2. The van der Waals surface area contributed by atoms with Gasteiger partial charge in [0.25, 0.3) is 0 Å². The van der Waals surface area contributed by atoms with E-state index in [9.17, 15) is 5.11 Å². The molecule has 22 heavy (non-hydrogen) atoms. The van der Waals surface area contributed by atoms with E-state index in [-0.39, 0.29) is 5.75 Å². The lowest BCUT2D eigenvalue weighted by atomic mass is 10.0. The number of likely N-dealkylation sites (tertiary alicyclic amines) is 1. The van der Waals surface area contributed by atoms with E-state index < -0.39 is 0 Å². The van der Waals surface area contributed by atoms with Gasteiger partial charge in [-0.25, -0.2) is 0 Å². The van der Waals surface area contributed by atoms with Gasteiger partial charge in [0, 0.05) is 17.1 Å². The van der Waals surface area contributed by atoms with Gasteiger partial charge >= 0.3 is 0 Å². The predicted molar refractivity (Wildman–Crippen MR) is 91.1 cm³/mol. The van der Waals surface area contributed by atoms with Gasteiger partial charge in [-0.15, -0.1) is 0 Å². The van der Waals surface area contributed by atoms with Crippen LogP contribution in [-0.2, 0) is 6.54 Å². The van der Waals surface area contributed by atoms with Crippen molar-refractivity contribution < 1.29 is 5.11 Å². The van der Waals surface area contributed by atoms with Crippen molar-refractivity contribution in [1.29, 1.82) is 0 Å². The van der Waals surface area contributed by atoms with Crippen LogP contribution in [0, 0.1) is 6.92 Å². The molecule has 0 radical (unpaired) electrons. The molecular formula is C16H16ClN3OS. The third kappa shape index (κ3) is 3.05. The highest BCUT2D eigenvalue weighted by atomic mass is 35.5. The topological polar surface area (TPSA) is 49.2 Å². The van der Waals surface area contributed by atoms with E-state index in [1.807, 2.05) is 19.1 Å². The van der Waals surface area contributed by atoms with Gasteiger partial charge in [0.05, 0.1) is 22.9 Å². The van der Waals surface area contributed by atoms with Crippen LogP contribution >= 0.6 is 23.8 Å². The Morgan fingerprint density at radius 3 is 2.73 bits per heavy atom. The van der Waals surface area contributed by atoms with Crippen LogP contribution in [0.1, 0.15) is 24.1 Å². The molecule has 6 heteroatoms. The highest BCUT2D eigenvalue weighted by molar-refractivity contribution is 7.80. The van der Waals surface area contributed by atoms with Crippen LogP contribution in [0.3, 0.4) is 0 Å². The Balaban J connectivity index is 1.84. The van der Waals surface area contributed by atoms with Crippen molar-refractivity contribution in [2.45, 2.75) is 26.3 Å². The lowest BCUT2D eigenvalue weighted by molar-refractivity contribution is 0.445. The zero-order chi connectivity index (χ0) is 15.7. The van der Waals surface area contributed by atoms with Crippen LogP contribution in [0.15, 0.2) is 24.3 Å². The molecule has 2 heterocycles. The molecular weight excluding hydrogens is 318 g/mol. The molecule has 1 saturated heterocycles. The minimum absolute atomic E-state index is 0.118. The quantitative estimate of drug-likeness (QED) is 0.867. The van der Waals surface area contributed by atoms with Gasteiger partial charge in [0.2, 0.25) is 0 Å². The number of benzene rings is 1. The molecule has 0 bridgehead atoms. The molecule has 0 aliphatic carbocycles. The van der Waals surface area contributed by atoms with Crippen LogP contribution in [0.2, 0.25) is 5.02 Å². The summed E-state index contributed by atoms with van der Waals surface area (Å²) in [5.74, 6) is 0.118. The summed E-state index contributed by atoms with van der Waals surface area (Å²) < 4.78 is 0. The molecule has 1 aromatic carbocycles. The Bertz CT molecular complexity index is 695. The molecule has 1 aromatic heterocycles. The highest BCUT2D eigenvalue weighted by Crippen LogP contribution is 2.33. The Hall–Kier alpha value is -1.72. The Morgan fingerprint density at radius 2 is 2.14 bits per heavy atom. The number of hydrogen-bond acceptors (Lipinski definition) is 4. The molecule has 0 spiro atoms. The smallest absolute Gasteiger partial charge is 0.126 e. The van der Waals surface area contributed by atoms with Gasteiger partial charge in [-0.05, 0) is 49.6 Å². The van der Waals surface area contributed by atoms with Gasteiger partial charge in [-0.3, -0.25) is 0 Å². The number of hydrogen-bond donors (Lipinski definition) is 1. The lowest BCUT2D eigenvalue weighted by Crippen LogP contribution is -2.23. The molecule has 1 aliphatic heterocycles. The van der Waals surface area contributed by atoms with Crippen molar-refractivity contribution >= 4 is 28.8 Å². The number of aromatic hydroxyl groups is 1. The van der Waals surface area contributed by atoms with Crippen molar-refractivity contribution in [3.05, 3.63) is 40.5 Å². The molecule has 0 atom stereocenters. The summed E-state index contributed by atoms with van der Waals surface area (Å²) in [7, 11) is 0. The number of thiocarbonyl (C=S) groups is 1. The number of nitrogens with zero attached hydrogens (tertiary/aromatic N) is 3. The standard InChI is InChI=1S/C16H16ClN3OS/c1-10-7-11(17)8-14(21)16(10)13-5-4-12(18-19-13)9-20-6-2-3-15(20)22/h4-5,7-8,21H,2-3,6,9H2,1H3. The minimum Gasteiger partial charge on any atom is -0.507 e. The molecule has 1 fully saturated rings. The largest absolute Gasteiger partial charge is 0.507 e. The van der Waals surface area contributed by atoms with Crippen LogP contribution < -0.4 is 0 Å². The average molecular weight is 334 g/mol. The lowest BCUT2D eigenvalue weighted by Gasteiger charge is -2.16. The van der Waals surface area contributed by atoms with Crippen molar-refractivity contribution in [1.82, 2.24) is 15.1 Å². The van der Waals surface area contributed by atoms with Crippen molar-refractivity contribution in [2.75, 3.05) is 6.54 Å². The van der Waals surface area contributed by atoms with Gasteiger partial charge in [0.1, 0.15) is 5.75 Å². The molecule has 4 nitrogen and oxygen atoms in total. The first-order chi connectivity index (χ1) is 10.5. The summed E-state index contributed by atoms with van der Waals surface area (Å²) in [6.07, 6.45) is 2.10. The number of aryl methyl sites for hydroxylation is 1. The monoisotopic (exact) mass is 333 g/mol. The SMILES string of the molecule is Cc1cc(Cl)cc(O)c1-c1ccc(CN2CCCC2=S)nn1. The van der Waals surface area contributed by atoms with Crippen LogP contribution in [0.5, 0.6) is 5.75 Å². The van der Waals surface area contributed by atoms with Crippen LogP contribution in [0.25, 0.3) is 11.3 Å². The van der Waals surface area contributed by atoms with Crippen molar-refractivity contribution in [3.63, 3.8) is 0 Å². The van der Waals surface area contributed by atoms with Crippen LogP contribution in [-0.4, -0.2) is 31.7 Å². The third-order valence-corrected chi connectivity index (χ3v) is 4.46. The van der Waals surface area contributed by atoms with E-state index in [2.05, 4.69) is 15.1 Å². The summed E-state index contributed by atoms with van der Waals surface area (Å²) >= 11 is 11.3. The van der Waals surface area contributed by atoms with Gasteiger partial charge in [0.15, 0.2) is 0 Å². The number of rotatable bonds is 3. The molecule has 2 aromatic rings. The normalized spacial score (nSPS) is 14.6. The minimum atomic E-state index is 0.118. The summed E-state index contributed by atoms with van der Waals surface area (Å²) in [5, 5.41) is 19.1. The second-order valence-electron chi connectivity index (χ2n) is 5.45. The van der Waals surface area contributed by atoms with E-state index in [0.29, 0.717) is 22.8 Å². The van der Waals surface area contributed by atoms with E-state index >= 15 is 0 Å². The summed E-state index contributed by atoms with van der Waals surface area (Å²) in [4.78, 5) is 3.15. The van der Waals surface area contributed by atoms with E-state index in [1.54, 1.807) is 6.07 Å². The molecule has 1 N–H and O–H groups in total. The second kappa shape index (κ2) is 6.18. The summed E-state index contributed by atoms with van der Waals surface area (Å²) in [6.45, 7) is 3.57. The average Bonchev–Trinajstić information content (AvgIpc) is 2.85. The Morgan fingerprint density at radius 1 is 1.32 bits per heavy atom. The molecule has 114 valence electrons. The summed E-state index contributed by atoms with van der Waals surface area (Å²) in [6, 6.07) is 7.12. The van der Waals surface area contributed by atoms with E-state index in [0.717, 1.165) is 35.6 Å². The van der Waals surface area contributed by atoms with E-state index in [4.69, 9.17) is 23.8 Å². The van der Waals surface area contributed by atoms with Gasteiger partial charge in [-0.2, -0.15) is 10.2 Å². The first kappa shape index (κ1) is 15.2. The molecule has 0 saturated carbocycles. The first-order valence-electron chi connectivity index (χ1n) is 7.14. The van der Waals surface area contributed by atoms with Crippen LogP contribution in [0.4, 0.5) is 0 Å². The highest BCUT2D eigenvalue weighted by Gasteiger charge is 2.17. The molecule has 1 aliphatic rings. The van der Waals surface area contributed by atoms with E-state index in [1.165, 1.54) is 6.07 Å². The summed E-state index contributed by atoms with van der Waals surface area (Å²) in [5.41, 5.74) is 3.05.